The minimum Gasteiger partial charge on any atom is -0.493 e. The summed E-state index contributed by atoms with van der Waals surface area (Å²) in [7, 11) is 4.60. The Labute approximate surface area is 225 Å². The number of amides is 1. The first-order chi connectivity index (χ1) is 18.0. The summed E-state index contributed by atoms with van der Waals surface area (Å²) in [5, 5.41) is 6.16. The van der Waals surface area contributed by atoms with E-state index >= 15 is 0 Å². The Morgan fingerprint density at radius 3 is 2.51 bits per heavy atom. The summed E-state index contributed by atoms with van der Waals surface area (Å²) in [6.07, 6.45) is 0.618. The molecule has 0 radical (unpaired) electrons. The number of nitrogens with zero attached hydrogens (tertiary/aromatic N) is 3. The molecule has 11 heteroatoms. The van der Waals surface area contributed by atoms with Crippen LogP contribution in [0.15, 0.2) is 64.2 Å². The number of benzene rings is 3. The van der Waals surface area contributed by atoms with Crippen LogP contribution in [0.2, 0.25) is 0 Å². The number of carbonyl (C=O) groups excluding carboxylic acids is 1. The molecule has 0 spiro atoms. The zero-order valence-electron chi connectivity index (χ0n) is 20.1. The summed E-state index contributed by atoms with van der Waals surface area (Å²) in [6, 6.07) is 16.4. The van der Waals surface area contributed by atoms with Crippen molar-refractivity contribution in [2.45, 2.75) is 6.10 Å². The zero-order chi connectivity index (χ0) is 25.9. The smallest absolute Gasteiger partial charge is 0.294 e. The van der Waals surface area contributed by atoms with Crippen molar-refractivity contribution in [3.63, 3.8) is 0 Å². The highest BCUT2D eigenvalue weighted by Crippen LogP contribution is 2.38. The van der Waals surface area contributed by atoms with Crippen molar-refractivity contribution in [1.29, 1.82) is 0 Å². The number of anilines is 1. The number of fused-ring (bicyclic) bond motifs is 2. The Bertz CT molecular complexity index is 1470. The van der Waals surface area contributed by atoms with Gasteiger partial charge in [-0.15, -0.1) is 0 Å². The van der Waals surface area contributed by atoms with Crippen LogP contribution in [-0.4, -0.2) is 51.1 Å². The normalized spacial score (nSPS) is 14.5. The molecule has 0 saturated carbocycles. The molecule has 1 unspecified atom stereocenters. The number of methoxy groups -OCH3 is 3. The second-order valence-corrected chi connectivity index (χ2v) is 9.75. The summed E-state index contributed by atoms with van der Waals surface area (Å²) < 4.78 is 29.8. The number of carbonyl (C=O) groups is 1. The van der Waals surface area contributed by atoms with Crippen LogP contribution >= 0.6 is 27.3 Å². The monoisotopic (exact) mass is 583 g/mol. The van der Waals surface area contributed by atoms with E-state index in [1.807, 2.05) is 30.3 Å². The summed E-state index contributed by atoms with van der Waals surface area (Å²) in [4.78, 5) is 18.4. The molecule has 190 valence electrons. The molecule has 3 aromatic carbocycles. The standard InChI is InChI=1S/C26H22BrN3O6S/c1-32-20-10-15(11-21(33-2)24(20)34-3)13-28-30(26-29-17-9-8-16(27)12-23(17)37-26)25(31)22-14-35-18-6-4-5-7-19(18)36-22/h4-13,22H,14H2,1-3H3/b28-13+. The van der Waals surface area contributed by atoms with Crippen LogP contribution < -0.4 is 28.7 Å². The average Bonchev–Trinajstić information content (AvgIpc) is 3.34. The van der Waals surface area contributed by atoms with Gasteiger partial charge in [0.25, 0.3) is 5.91 Å². The predicted octanol–water partition coefficient (Wildman–Crippen LogP) is 5.29. The van der Waals surface area contributed by atoms with Gasteiger partial charge < -0.3 is 23.7 Å². The number of hydrogen-bond acceptors (Lipinski definition) is 9. The highest BCUT2D eigenvalue weighted by atomic mass is 79.9. The van der Waals surface area contributed by atoms with E-state index in [-0.39, 0.29) is 6.61 Å². The van der Waals surface area contributed by atoms with Crippen LogP contribution in [0.5, 0.6) is 28.7 Å². The molecule has 1 amide bonds. The van der Waals surface area contributed by atoms with Crippen LogP contribution in [0.25, 0.3) is 10.2 Å². The first kappa shape index (κ1) is 24.8. The molecule has 0 bridgehead atoms. The van der Waals surface area contributed by atoms with Crippen molar-refractivity contribution in [2.24, 2.45) is 5.10 Å². The molecule has 1 atom stereocenters. The van der Waals surface area contributed by atoms with Crippen LogP contribution in [0, 0.1) is 0 Å². The van der Waals surface area contributed by atoms with E-state index in [2.05, 4.69) is 26.0 Å². The topological polar surface area (TPSA) is 91.7 Å². The third-order valence-corrected chi connectivity index (χ3v) is 7.01. The van der Waals surface area contributed by atoms with Crippen molar-refractivity contribution >= 4 is 54.7 Å². The predicted molar refractivity (Wildman–Crippen MR) is 145 cm³/mol. The Morgan fingerprint density at radius 1 is 1.08 bits per heavy atom. The van der Waals surface area contributed by atoms with Gasteiger partial charge in [-0.2, -0.15) is 10.1 Å². The molecule has 0 N–H and O–H groups in total. The summed E-state index contributed by atoms with van der Waals surface area (Å²) in [6.45, 7) is 0.0441. The molecule has 0 aliphatic carbocycles. The van der Waals surface area contributed by atoms with E-state index in [0.29, 0.717) is 39.4 Å². The second kappa shape index (κ2) is 10.7. The van der Waals surface area contributed by atoms with Gasteiger partial charge in [0.2, 0.25) is 17.0 Å². The van der Waals surface area contributed by atoms with Gasteiger partial charge in [-0.3, -0.25) is 4.79 Å². The third-order valence-electron chi connectivity index (χ3n) is 5.52. The maximum atomic E-state index is 13.7. The fraction of sp³-hybridized carbons (Fsp3) is 0.192. The molecule has 1 aromatic heterocycles. The van der Waals surface area contributed by atoms with E-state index in [1.54, 1.807) is 24.3 Å². The van der Waals surface area contributed by atoms with Crippen LogP contribution in [0.4, 0.5) is 5.13 Å². The minimum absolute atomic E-state index is 0.0441. The van der Waals surface area contributed by atoms with Crippen molar-refractivity contribution in [2.75, 3.05) is 32.9 Å². The lowest BCUT2D eigenvalue weighted by Gasteiger charge is -2.27. The van der Waals surface area contributed by atoms with Crippen molar-refractivity contribution < 1.29 is 28.5 Å². The van der Waals surface area contributed by atoms with E-state index in [0.717, 1.165) is 14.7 Å². The fourth-order valence-corrected chi connectivity index (χ4v) is 5.24. The molecular weight excluding hydrogens is 562 g/mol. The second-order valence-electron chi connectivity index (χ2n) is 7.83. The van der Waals surface area contributed by atoms with Gasteiger partial charge in [-0.05, 0) is 42.5 Å². The van der Waals surface area contributed by atoms with Crippen molar-refractivity contribution in [3.05, 3.63) is 64.6 Å². The van der Waals surface area contributed by atoms with Gasteiger partial charge in [0.05, 0.1) is 37.8 Å². The summed E-state index contributed by atoms with van der Waals surface area (Å²) in [5.74, 6) is 2.05. The molecule has 0 saturated heterocycles. The number of thiazole rings is 1. The van der Waals surface area contributed by atoms with Gasteiger partial charge in [-0.1, -0.05) is 39.4 Å². The number of ether oxygens (including phenoxy) is 5. The molecular formula is C26H22BrN3O6S. The Balaban J connectivity index is 1.53. The first-order valence-corrected chi connectivity index (χ1v) is 12.7. The Kier molecular flexibility index (Phi) is 7.15. The largest absolute Gasteiger partial charge is 0.493 e. The third kappa shape index (κ3) is 5.05. The SMILES string of the molecule is COc1cc(/C=N/N(C(=O)C2COc3ccccc3O2)c2nc3ccc(Br)cc3s2)cc(OC)c1OC. The summed E-state index contributed by atoms with van der Waals surface area (Å²) >= 11 is 4.82. The quantitative estimate of drug-likeness (QED) is 0.215. The molecule has 2 heterocycles. The number of hydrazone groups is 1. The van der Waals surface area contributed by atoms with Gasteiger partial charge in [0.15, 0.2) is 23.0 Å². The maximum absolute atomic E-state index is 13.7. The molecule has 5 rings (SSSR count). The van der Waals surface area contributed by atoms with E-state index in [9.17, 15) is 4.79 Å². The fourth-order valence-electron chi connectivity index (χ4n) is 3.76. The van der Waals surface area contributed by atoms with Crippen molar-refractivity contribution in [3.8, 4) is 28.7 Å². The molecule has 1 aliphatic heterocycles. The lowest BCUT2D eigenvalue weighted by Crippen LogP contribution is -2.44. The Morgan fingerprint density at radius 2 is 1.81 bits per heavy atom. The average molecular weight is 584 g/mol. The van der Waals surface area contributed by atoms with Gasteiger partial charge in [-0.25, -0.2) is 4.98 Å². The number of aromatic nitrogens is 1. The number of hydrogen-bond donors (Lipinski definition) is 0. The van der Waals surface area contributed by atoms with Gasteiger partial charge in [0.1, 0.15) is 6.61 Å². The molecule has 4 aromatic rings. The molecule has 37 heavy (non-hydrogen) atoms. The lowest BCUT2D eigenvalue weighted by molar-refractivity contribution is -0.127. The minimum atomic E-state index is -0.911. The lowest BCUT2D eigenvalue weighted by atomic mass is 10.2. The highest BCUT2D eigenvalue weighted by Gasteiger charge is 2.33. The molecule has 9 nitrogen and oxygen atoms in total. The van der Waals surface area contributed by atoms with E-state index in [1.165, 1.54) is 43.9 Å². The highest BCUT2D eigenvalue weighted by molar-refractivity contribution is 9.10. The molecule has 0 fully saturated rings. The Hall–Kier alpha value is -3.83. The maximum Gasteiger partial charge on any atom is 0.294 e. The number of rotatable bonds is 7. The van der Waals surface area contributed by atoms with Gasteiger partial charge in [0, 0.05) is 10.0 Å². The van der Waals surface area contributed by atoms with Gasteiger partial charge >= 0.3 is 0 Å². The van der Waals surface area contributed by atoms with E-state index in [4.69, 9.17) is 23.7 Å². The number of para-hydroxylation sites is 2. The van der Waals surface area contributed by atoms with Crippen LogP contribution in [-0.2, 0) is 4.79 Å². The zero-order valence-corrected chi connectivity index (χ0v) is 22.5. The van der Waals surface area contributed by atoms with Crippen molar-refractivity contribution in [1.82, 2.24) is 4.98 Å². The number of halogens is 1. The van der Waals surface area contributed by atoms with E-state index < -0.39 is 12.0 Å². The molecule has 1 aliphatic rings. The van der Waals surface area contributed by atoms with Crippen LogP contribution in [0.1, 0.15) is 5.56 Å². The summed E-state index contributed by atoms with van der Waals surface area (Å²) in [5.41, 5.74) is 1.37. The first-order valence-electron chi connectivity index (χ1n) is 11.1. The van der Waals surface area contributed by atoms with Crippen LogP contribution in [0.3, 0.4) is 0 Å².